The Kier molecular flexibility index (Phi) is 8.89. The van der Waals surface area contributed by atoms with Crippen molar-refractivity contribution in [3.63, 3.8) is 0 Å². The Morgan fingerprint density at radius 3 is 2.43 bits per heavy atom. The molecule has 2 heterocycles. The fourth-order valence-electron chi connectivity index (χ4n) is 3.45. The number of hydrogen-bond donors (Lipinski definition) is 2. The molecule has 0 aliphatic rings. The van der Waals surface area contributed by atoms with Gasteiger partial charge < -0.3 is 5.73 Å². The zero-order valence-electron chi connectivity index (χ0n) is 18.5. The normalized spacial score (nSPS) is 11.1. The Morgan fingerprint density at radius 1 is 1.13 bits per heavy atom. The van der Waals surface area contributed by atoms with Crippen LogP contribution in [0.25, 0.3) is 0 Å². The molecule has 0 fully saturated rings. The van der Waals surface area contributed by atoms with Crippen molar-refractivity contribution in [1.82, 2.24) is 9.55 Å². The summed E-state index contributed by atoms with van der Waals surface area (Å²) in [4.78, 5) is 44.1. The quantitative estimate of drug-likeness (QED) is 0.559. The standard InChI is InChI=1S/C22H34N4O3S/c1-5-9-12-25(21(28)17-14-15(8-4)16(30-17)11-7-3)18-19(23)26(13-10-6-2)22(29)24-20(18)27/h14H,5-13,23H2,1-4H3,(H,24,27,29). The number of aryl methyl sites for hydroxylation is 2. The highest BCUT2D eigenvalue weighted by molar-refractivity contribution is 7.14. The van der Waals surface area contributed by atoms with Crippen molar-refractivity contribution in [2.75, 3.05) is 17.2 Å². The van der Waals surface area contributed by atoms with Gasteiger partial charge in [-0.1, -0.05) is 47.0 Å². The predicted octanol–water partition coefficient (Wildman–Crippen LogP) is 3.94. The third-order valence-corrected chi connectivity index (χ3v) is 6.39. The molecule has 0 unspecified atom stereocenters. The van der Waals surface area contributed by atoms with Gasteiger partial charge in [0.05, 0.1) is 4.88 Å². The first-order chi connectivity index (χ1) is 14.4. The summed E-state index contributed by atoms with van der Waals surface area (Å²) in [5.74, 6) is -0.175. The molecule has 0 spiro atoms. The molecule has 0 bridgehead atoms. The van der Waals surface area contributed by atoms with Crippen molar-refractivity contribution in [3.8, 4) is 0 Å². The zero-order valence-corrected chi connectivity index (χ0v) is 19.4. The van der Waals surface area contributed by atoms with E-state index in [1.807, 2.05) is 19.9 Å². The van der Waals surface area contributed by atoms with Crippen LogP contribution in [0.5, 0.6) is 0 Å². The number of nitrogens with two attached hydrogens (primary N) is 1. The number of unbranched alkanes of at least 4 members (excludes halogenated alkanes) is 2. The summed E-state index contributed by atoms with van der Waals surface area (Å²) in [5, 5.41) is 0. The number of aromatic nitrogens is 2. The number of H-pyrrole nitrogens is 1. The molecule has 3 N–H and O–H groups in total. The Labute approximate surface area is 181 Å². The molecule has 2 aromatic heterocycles. The number of nitrogens with zero attached hydrogens (tertiary/aromatic N) is 2. The fourth-order valence-corrected chi connectivity index (χ4v) is 4.76. The van der Waals surface area contributed by atoms with Gasteiger partial charge >= 0.3 is 5.69 Å². The highest BCUT2D eigenvalue weighted by Crippen LogP contribution is 2.28. The molecule has 2 rings (SSSR count). The molecule has 7 nitrogen and oxygen atoms in total. The molecule has 2 aromatic rings. The summed E-state index contributed by atoms with van der Waals surface area (Å²) in [6.07, 6.45) is 6.03. The maximum Gasteiger partial charge on any atom is 0.330 e. The number of aromatic amines is 1. The van der Waals surface area contributed by atoms with Crippen molar-refractivity contribution in [2.45, 2.75) is 79.2 Å². The van der Waals surface area contributed by atoms with E-state index in [9.17, 15) is 14.4 Å². The van der Waals surface area contributed by atoms with Gasteiger partial charge in [0.25, 0.3) is 11.5 Å². The number of carbonyl (C=O) groups excluding carboxylic acids is 1. The molecule has 0 aliphatic carbocycles. The summed E-state index contributed by atoms with van der Waals surface area (Å²) in [5.41, 5.74) is 6.38. The van der Waals surface area contributed by atoms with Crippen LogP contribution in [0, 0.1) is 0 Å². The van der Waals surface area contributed by atoms with Crippen LogP contribution < -0.4 is 21.9 Å². The number of rotatable bonds is 11. The first-order valence-electron chi connectivity index (χ1n) is 10.9. The van der Waals surface area contributed by atoms with Gasteiger partial charge in [-0.2, -0.15) is 0 Å². The Balaban J connectivity index is 2.56. The number of thiophene rings is 1. The molecular formula is C22H34N4O3S. The first-order valence-corrected chi connectivity index (χ1v) is 11.8. The third kappa shape index (κ3) is 5.22. The molecule has 0 aliphatic heterocycles. The van der Waals surface area contributed by atoms with Crippen LogP contribution in [-0.2, 0) is 19.4 Å². The number of nitrogen functional groups attached to an aromatic ring is 1. The second-order valence-electron chi connectivity index (χ2n) is 7.47. The molecule has 0 aromatic carbocycles. The molecule has 0 saturated carbocycles. The van der Waals surface area contributed by atoms with Crippen LogP contribution in [0.2, 0.25) is 0 Å². The summed E-state index contributed by atoms with van der Waals surface area (Å²) < 4.78 is 1.36. The molecule has 0 saturated heterocycles. The Bertz CT molecular complexity index is 974. The minimum Gasteiger partial charge on any atom is -0.383 e. The SMILES string of the molecule is CCCCN(C(=O)c1cc(CC)c(CCC)s1)c1c(N)n(CCCC)c(=O)[nH]c1=O. The van der Waals surface area contributed by atoms with Crippen LogP contribution in [0.4, 0.5) is 11.5 Å². The van der Waals surface area contributed by atoms with Crippen LogP contribution in [0.15, 0.2) is 15.7 Å². The number of amides is 1. The van der Waals surface area contributed by atoms with E-state index >= 15 is 0 Å². The van der Waals surface area contributed by atoms with E-state index in [-0.39, 0.29) is 17.4 Å². The molecule has 1 amide bonds. The van der Waals surface area contributed by atoms with Gasteiger partial charge in [-0.15, -0.1) is 11.3 Å². The molecule has 0 radical (unpaired) electrons. The number of carbonyl (C=O) groups is 1. The lowest BCUT2D eigenvalue weighted by Gasteiger charge is -2.24. The molecule has 8 heteroatoms. The number of nitrogens with one attached hydrogen (secondary N) is 1. The topological polar surface area (TPSA) is 101 Å². The van der Waals surface area contributed by atoms with E-state index in [0.717, 1.165) is 44.9 Å². The van der Waals surface area contributed by atoms with Crippen LogP contribution in [0.3, 0.4) is 0 Å². The lowest BCUT2D eigenvalue weighted by molar-refractivity contribution is 0.0990. The van der Waals surface area contributed by atoms with E-state index in [1.54, 1.807) is 0 Å². The second-order valence-corrected chi connectivity index (χ2v) is 8.61. The predicted molar refractivity (Wildman–Crippen MR) is 125 cm³/mol. The molecule has 30 heavy (non-hydrogen) atoms. The summed E-state index contributed by atoms with van der Waals surface area (Å²) in [7, 11) is 0. The van der Waals surface area contributed by atoms with Crippen molar-refractivity contribution < 1.29 is 4.79 Å². The minimum absolute atomic E-state index is 0.0581. The van der Waals surface area contributed by atoms with Crippen LogP contribution in [-0.4, -0.2) is 22.0 Å². The average molecular weight is 435 g/mol. The summed E-state index contributed by atoms with van der Waals surface area (Å²) >= 11 is 1.49. The van der Waals surface area contributed by atoms with Crippen molar-refractivity contribution in [3.05, 3.63) is 42.2 Å². The van der Waals surface area contributed by atoms with E-state index in [4.69, 9.17) is 5.73 Å². The number of anilines is 2. The van der Waals surface area contributed by atoms with Gasteiger partial charge in [-0.05, 0) is 37.3 Å². The minimum atomic E-state index is -0.615. The van der Waals surface area contributed by atoms with E-state index in [1.165, 1.54) is 31.2 Å². The maximum atomic E-state index is 13.5. The van der Waals surface area contributed by atoms with Gasteiger partial charge in [0.15, 0.2) is 5.69 Å². The van der Waals surface area contributed by atoms with Crippen LogP contribution in [0.1, 0.15) is 79.9 Å². The van der Waals surface area contributed by atoms with Gasteiger partial charge in [0, 0.05) is 18.0 Å². The Morgan fingerprint density at radius 2 is 1.83 bits per heavy atom. The highest BCUT2D eigenvalue weighted by atomic mass is 32.1. The van der Waals surface area contributed by atoms with Crippen molar-refractivity contribution in [1.29, 1.82) is 0 Å². The van der Waals surface area contributed by atoms with E-state index in [0.29, 0.717) is 18.0 Å². The largest absolute Gasteiger partial charge is 0.383 e. The van der Waals surface area contributed by atoms with Gasteiger partial charge in [0.1, 0.15) is 5.82 Å². The Hall–Kier alpha value is -2.35. The molecule has 166 valence electrons. The van der Waals surface area contributed by atoms with Gasteiger partial charge in [0.2, 0.25) is 0 Å². The summed E-state index contributed by atoms with van der Waals surface area (Å²) in [6.45, 7) is 9.01. The van der Waals surface area contributed by atoms with Gasteiger partial charge in [-0.25, -0.2) is 4.79 Å². The summed E-state index contributed by atoms with van der Waals surface area (Å²) in [6, 6.07) is 1.94. The smallest absolute Gasteiger partial charge is 0.330 e. The fraction of sp³-hybridized carbons (Fsp3) is 0.591. The highest BCUT2D eigenvalue weighted by Gasteiger charge is 2.26. The second kappa shape index (κ2) is 11.2. The zero-order chi connectivity index (χ0) is 22.3. The maximum absolute atomic E-state index is 13.5. The lowest BCUT2D eigenvalue weighted by atomic mass is 10.1. The lowest BCUT2D eigenvalue weighted by Crippen LogP contribution is -2.41. The first kappa shape index (κ1) is 23.9. The van der Waals surface area contributed by atoms with E-state index in [2.05, 4.69) is 18.8 Å². The average Bonchev–Trinajstić information content (AvgIpc) is 3.13. The van der Waals surface area contributed by atoms with E-state index < -0.39 is 11.2 Å². The van der Waals surface area contributed by atoms with Crippen LogP contribution >= 0.6 is 11.3 Å². The molecule has 0 atom stereocenters. The number of hydrogen-bond acceptors (Lipinski definition) is 5. The monoisotopic (exact) mass is 434 g/mol. The third-order valence-electron chi connectivity index (χ3n) is 5.17. The molecular weight excluding hydrogens is 400 g/mol. The van der Waals surface area contributed by atoms with Crippen molar-refractivity contribution in [2.24, 2.45) is 0 Å². The van der Waals surface area contributed by atoms with Crippen molar-refractivity contribution >= 4 is 28.7 Å². The van der Waals surface area contributed by atoms with Gasteiger partial charge in [-0.3, -0.25) is 24.0 Å².